The fourth-order valence-corrected chi connectivity index (χ4v) is 2.07. The van der Waals surface area contributed by atoms with Gasteiger partial charge in [-0.25, -0.2) is 4.79 Å². The van der Waals surface area contributed by atoms with Crippen molar-refractivity contribution in [3.63, 3.8) is 0 Å². The van der Waals surface area contributed by atoms with Crippen molar-refractivity contribution in [3.8, 4) is 5.75 Å². The van der Waals surface area contributed by atoms with E-state index in [2.05, 4.69) is 5.32 Å². The van der Waals surface area contributed by atoms with Crippen molar-refractivity contribution in [1.29, 1.82) is 0 Å². The van der Waals surface area contributed by atoms with Gasteiger partial charge in [0.05, 0.1) is 16.9 Å². The monoisotopic (exact) mass is 315 g/mol. The molecular formula is C13H17NO6S. The van der Waals surface area contributed by atoms with Crippen molar-refractivity contribution < 1.29 is 27.3 Å². The van der Waals surface area contributed by atoms with Crippen LogP contribution in [0.4, 0.5) is 0 Å². The third-order valence-electron chi connectivity index (χ3n) is 2.59. The summed E-state index contributed by atoms with van der Waals surface area (Å²) in [5, 5.41) is 11.6. The highest BCUT2D eigenvalue weighted by molar-refractivity contribution is 7.87. The molecule has 0 atom stereocenters. The van der Waals surface area contributed by atoms with Gasteiger partial charge >= 0.3 is 16.1 Å². The number of nitrogens with one attached hydrogen (secondary N) is 1. The first kappa shape index (κ1) is 17.0. The average molecular weight is 315 g/mol. The van der Waals surface area contributed by atoms with E-state index in [1.54, 1.807) is 0 Å². The Kier molecular flexibility index (Phi) is 5.71. The van der Waals surface area contributed by atoms with Gasteiger partial charge in [-0.05, 0) is 25.5 Å². The Morgan fingerprint density at radius 2 is 1.95 bits per heavy atom. The van der Waals surface area contributed by atoms with Gasteiger partial charge in [0.1, 0.15) is 0 Å². The summed E-state index contributed by atoms with van der Waals surface area (Å²) in [4.78, 5) is 23.3. The van der Waals surface area contributed by atoms with Crippen LogP contribution in [0.2, 0.25) is 0 Å². The fourth-order valence-electron chi connectivity index (χ4n) is 1.54. The molecule has 1 aromatic rings. The summed E-state index contributed by atoms with van der Waals surface area (Å²) in [5.74, 6) is -2.60. The second-order valence-corrected chi connectivity index (χ2v) is 6.03. The fraction of sp³-hybridized carbons (Fsp3) is 0.385. The van der Waals surface area contributed by atoms with Crippen molar-refractivity contribution in [2.45, 2.75) is 20.3 Å². The maximum atomic E-state index is 12.1. The molecule has 0 unspecified atom stereocenters. The Morgan fingerprint density at radius 1 is 1.29 bits per heavy atom. The second kappa shape index (κ2) is 7.07. The van der Waals surface area contributed by atoms with Gasteiger partial charge in [0.2, 0.25) is 0 Å². The van der Waals surface area contributed by atoms with Gasteiger partial charge in [0, 0.05) is 6.54 Å². The third-order valence-corrected chi connectivity index (χ3v) is 3.73. The zero-order chi connectivity index (χ0) is 16.0. The molecule has 1 rings (SSSR count). The lowest BCUT2D eigenvalue weighted by atomic mass is 10.1. The maximum absolute atomic E-state index is 12.1. The minimum atomic E-state index is -3.86. The number of rotatable bonds is 7. The highest BCUT2D eigenvalue weighted by Gasteiger charge is 2.24. The van der Waals surface area contributed by atoms with Gasteiger partial charge in [0.15, 0.2) is 5.75 Å². The first-order valence-corrected chi connectivity index (χ1v) is 7.96. The summed E-state index contributed by atoms with van der Waals surface area (Å²) >= 11 is 0. The first-order valence-electron chi connectivity index (χ1n) is 6.39. The largest absolute Gasteiger partial charge is 0.478 e. The zero-order valence-corrected chi connectivity index (χ0v) is 12.6. The van der Waals surface area contributed by atoms with E-state index in [0.29, 0.717) is 13.0 Å². The number of aromatic carboxylic acids is 1. The van der Waals surface area contributed by atoms with Gasteiger partial charge < -0.3 is 14.6 Å². The standard InChI is InChI=1S/C13H17NO6S/c1-3-8-14-12(15)11-9(13(16)17)6-5-7-10(11)20-21(18,19)4-2/h5-7H,3-4,8H2,1-2H3,(H,14,15)(H,16,17). The van der Waals surface area contributed by atoms with E-state index in [-0.39, 0.29) is 22.6 Å². The van der Waals surface area contributed by atoms with Crippen LogP contribution in [0.1, 0.15) is 41.0 Å². The Hall–Kier alpha value is -2.09. The zero-order valence-electron chi connectivity index (χ0n) is 11.8. The molecule has 0 aromatic heterocycles. The lowest BCUT2D eigenvalue weighted by Gasteiger charge is -2.13. The van der Waals surface area contributed by atoms with Crippen molar-refractivity contribution in [1.82, 2.24) is 5.32 Å². The molecule has 8 heteroatoms. The Labute approximate surface area is 123 Å². The van der Waals surface area contributed by atoms with Crippen molar-refractivity contribution in [2.75, 3.05) is 12.3 Å². The molecule has 1 aromatic carbocycles. The molecule has 0 spiro atoms. The van der Waals surface area contributed by atoms with Crippen molar-refractivity contribution in [2.24, 2.45) is 0 Å². The van der Waals surface area contributed by atoms with E-state index < -0.39 is 22.0 Å². The molecule has 2 N–H and O–H groups in total. The van der Waals surface area contributed by atoms with E-state index in [0.717, 1.165) is 0 Å². The Morgan fingerprint density at radius 3 is 2.48 bits per heavy atom. The van der Waals surface area contributed by atoms with Crippen LogP contribution in [-0.4, -0.2) is 37.7 Å². The van der Waals surface area contributed by atoms with Gasteiger partial charge in [-0.15, -0.1) is 0 Å². The molecule has 0 fully saturated rings. The third kappa shape index (κ3) is 4.45. The maximum Gasteiger partial charge on any atom is 0.336 e. The highest BCUT2D eigenvalue weighted by atomic mass is 32.2. The van der Waals surface area contributed by atoms with E-state index >= 15 is 0 Å². The van der Waals surface area contributed by atoms with Crippen molar-refractivity contribution >= 4 is 22.0 Å². The smallest absolute Gasteiger partial charge is 0.336 e. The molecule has 0 aliphatic rings. The van der Waals surface area contributed by atoms with Crippen LogP contribution in [0, 0.1) is 0 Å². The van der Waals surface area contributed by atoms with Crippen LogP contribution in [0.3, 0.4) is 0 Å². The van der Waals surface area contributed by atoms with E-state index in [4.69, 9.17) is 9.29 Å². The summed E-state index contributed by atoms with van der Waals surface area (Å²) < 4.78 is 27.9. The van der Waals surface area contributed by atoms with Crippen LogP contribution < -0.4 is 9.50 Å². The van der Waals surface area contributed by atoms with Crippen LogP contribution >= 0.6 is 0 Å². The number of carbonyl (C=O) groups is 2. The van der Waals surface area contributed by atoms with Gasteiger partial charge in [-0.1, -0.05) is 13.0 Å². The molecule has 0 aliphatic heterocycles. The molecule has 21 heavy (non-hydrogen) atoms. The minimum Gasteiger partial charge on any atom is -0.478 e. The SMILES string of the molecule is CCCNC(=O)c1c(OS(=O)(=O)CC)cccc1C(=O)O. The molecule has 116 valence electrons. The van der Waals surface area contributed by atoms with E-state index in [1.165, 1.54) is 25.1 Å². The molecule has 0 aliphatic carbocycles. The number of carbonyl (C=O) groups excluding carboxylic acids is 1. The predicted octanol–water partition coefficient (Wildman–Crippen LogP) is 1.25. The average Bonchev–Trinajstić information content (AvgIpc) is 2.44. The Bertz CT molecular complexity index is 638. The summed E-state index contributed by atoms with van der Waals surface area (Å²) in [5.41, 5.74) is -0.608. The first-order chi connectivity index (χ1) is 9.82. The number of carboxylic acid groups (broad SMARTS) is 1. The predicted molar refractivity (Wildman–Crippen MR) is 76.1 cm³/mol. The summed E-state index contributed by atoms with van der Waals surface area (Å²) in [7, 11) is -3.86. The molecule has 7 nitrogen and oxygen atoms in total. The lowest BCUT2D eigenvalue weighted by molar-refractivity contribution is 0.0690. The quantitative estimate of drug-likeness (QED) is 0.733. The molecule has 0 saturated carbocycles. The summed E-state index contributed by atoms with van der Waals surface area (Å²) in [6, 6.07) is 3.79. The topological polar surface area (TPSA) is 110 Å². The number of amides is 1. The molecule has 0 bridgehead atoms. The normalized spacial score (nSPS) is 11.0. The molecular weight excluding hydrogens is 298 g/mol. The molecule has 0 saturated heterocycles. The van der Waals surface area contributed by atoms with Crippen LogP contribution in [-0.2, 0) is 10.1 Å². The number of hydrogen-bond donors (Lipinski definition) is 2. The Balaban J connectivity index is 3.33. The van der Waals surface area contributed by atoms with Gasteiger partial charge in [-0.2, -0.15) is 8.42 Å². The number of benzene rings is 1. The molecule has 0 radical (unpaired) electrons. The van der Waals surface area contributed by atoms with E-state index in [9.17, 15) is 18.0 Å². The van der Waals surface area contributed by atoms with Gasteiger partial charge in [-0.3, -0.25) is 4.79 Å². The number of hydrogen-bond acceptors (Lipinski definition) is 5. The lowest BCUT2D eigenvalue weighted by Crippen LogP contribution is -2.27. The van der Waals surface area contributed by atoms with Crippen LogP contribution in [0.15, 0.2) is 18.2 Å². The van der Waals surface area contributed by atoms with Gasteiger partial charge in [0.25, 0.3) is 5.91 Å². The second-order valence-electron chi connectivity index (χ2n) is 4.17. The number of carboxylic acids is 1. The van der Waals surface area contributed by atoms with Crippen LogP contribution in [0.25, 0.3) is 0 Å². The summed E-state index contributed by atoms with van der Waals surface area (Å²) in [6.07, 6.45) is 0.657. The molecule has 1 amide bonds. The molecule has 0 heterocycles. The van der Waals surface area contributed by atoms with Crippen LogP contribution in [0.5, 0.6) is 5.75 Å². The highest BCUT2D eigenvalue weighted by Crippen LogP contribution is 2.24. The van der Waals surface area contributed by atoms with E-state index in [1.807, 2.05) is 6.92 Å². The van der Waals surface area contributed by atoms with Crippen molar-refractivity contribution in [3.05, 3.63) is 29.3 Å². The minimum absolute atomic E-state index is 0.287. The summed E-state index contributed by atoms with van der Waals surface area (Å²) in [6.45, 7) is 3.56.